The highest BCUT2D eigenvalue weighted by Crippen LogP contribution is 2.17. The molecule has 0 aromatic heterocycles. The second-order valence-corrected chi connectivity index (χ2v) is 2.70. The van der Waals surface area contributed by atoms with E-state index in [2.05, 4.69) is 32.0 Å². The number of anilines is 1. The van der Waals surface area contributed by atoms with Crippen molar-refractivity contribution in [3.8, 4) is 0 Å². The van der Waals surface area contributed by atoms with Crippen LogP contribution >= 0.6 is 0 Å². The van der Waals surface area contributed by atoms with Crippen LogP contribution in [0.5, 0.6) is 0 Å². The number of nitrogen functional groups attached to an aromatic ring is 1. The Morgan fingerprint density at radius 1 is 1.09 bits per heavy atom. The number of rotatable bonds is 2. The van der Waals surface area contributed by atoms with E-state index in [-0.39, 0.29) is 0 Å². The third-order valence-electron chi connectivity index (χ3n) is 2.05. The third kappa shape index (κ3) is 1.53. The Bertz CT molecular complexity index is 218. The molecule has 1 aromatic carbocycles. The van der Waals surface area contributed by atoms with E-state index < -0.39 is 0 Å². The van der Waals surface area contributed by atoms with Crippen molar-refractivity contribution >= 4 is 5.69 Å². The predicted octanol–water partition coefficient (Wildman–Crippen LogP) is 2.39. The quantitative estimate of drug-likeness (QED) is 0.508. The van der Waals surface area contributed by atoms with Crippen LogP contribution in [0.2, 0.25) is 0 Å². The standard InChI is InChI=1S/C10H15N/c1-3-8-6-5-7-9(4-2)10(8)11/h5-7H,3-4,11H2,1-2H3/i11+1. The molecule has 0 amide bonds. The van der Waals surface area contributed by atoms with Gasteiger partial charge < -0.3 is 5.73 Å². The first-order chi connectivity index (χ1) is 5.29. The summed E-state index contributed by atoms with van der Waals surface area (Å²) in [5, 5.41) is 0. The molecule has 0 bridgehead atoms. The highest BCUT2D eigenvalue weighted by molar-refractivity contribution is 5.53. The maximum atomic E-state index is 5.90. The maximum Gasteiger partial charge on any atom is 0.0378 e. The molecule has 0 aliphatic heterocycles. The van der Waals surface area contributed by atoms with Crippen LogP contribution in [0.25, 0.3) is 0 Å². The molecule has 0 aliphatic rings. The van der Waals surface area contributed by atoms with Gasteiger partial charge in [-0.3, -0.25) is 0 Å². The summed E-state index contributed by atoms with van der Waals surface area (Å²) in [7, 11) is 0. The van der Waals surface area contributed by atoms with Crippen molar-refractivity contribution in [1.29, 1.82) is 0 Å². The summed E-state index contributed by atoms with van der Waals surface area (Å²) < 4.78 is 0. The van der Waals surface area contributed by atoms with Crippen LogP contribution in [-0.2, 0) is 12.8 Å². The lowest BCUT2D eigenvalue weighted by Crippen LogP contribution is -1.97. The Hall–Kier alpha value is -0.980. The van der Waals surface area contributed by atoms with Crippen molar-refractivity contribution in [2.45, 2.75) is 26.7 Å². The minimum atomic E-state index is 0.984. The average Bonchev–Trinajstić information content (AvgIpc) is 2.05. The zero-order valence-corrected chi connectivity index (χ0v) is 7.22. The molecule has 2 N–H and O–H groups in total. The van der Waals surface area contributed by atoms with Gasteiger partial charge in [0.1, 0.15) is 0 Å². The molecule has 0 saturated heterocycles. The normalized spacial score (nSPS) is 10.0. The van der Waals surface area contributed by atoms with Gasteiger partial charge in [-0.1, -0.05) is 32.0 Å². The number of hydrogen-bond acceptors (Lipinski definition) is 1. The molecule has 60 valence electrons. The van der Waals surface area contributed by atoms with E-state index >= 15 is 0 Å². The van der Waals surface area contributed by atoms with Gasteiger partial charge in [0.25, 0.3) is 0 Å². The van der Waals surface area contributed by atoms with E-state index in [0.717, 1.165) is 18.5 Å². The molecule has 0 heterocycles. The van der Waals surface area contributed by atoms with Crippen molar-refractivity contribution in [1.82, 2.24) is 0 Å². The van der Waals surface area contributed by atoms with Crippen molar-refractivity contribution in [3.05, 3.63) is 29.3 Å². The first-order valence-electron chi connectivity index (χ1n) is 4.15. The van der Waals surface area contributed by atoms with Crippen LogP contribution in [0.15, 0.2) is 18.2 Å². The molecular weight excluding hydrogens is 135 g/mol. The van der Waals surface area contributed by atoms with E-state index in [1.165, 1.54) is 11.1 Å². The van der Waals surface area contributed by atoms with Crippen molar-refractivity contribution < 1.29 is 0 Å². The fourth-order valence-corrected chi connectivity index (χ4v) is 1.28. The van der Waals surface area contributed by atoms with Gasteiger partial charge in [0.2, 0.25) is 0 Å². The summed E-state index contributed by atoms with van der Waals surface area (Å²) in [5.74, 6) is 0. The van der Waals surface area contributed by atoms with E-state index in [9.17, 15) is 0 Å². The second-order valence-electron chi connectivity index (χ2n) is 2.70. The molecular formula is C10H15N. The Balaban J connectivity index is 3.10. The Morgan fingerprint density at radius 3 is 1.91 bits per heavy atom. The molecule has 0 saturated carbocycles. The first kappa shape index (κ1) is 8.12. The molecule has 1 rings (SSSR count). The summed E-state index contributed by atoms with van der Waals surface area (Å²) in [6.45, 7) is 4.26. The molecule has 1 heteroatoms. The summed E-state index contributed by atoms with van der Waals surface area (Å²) in [6.07, 6.45) is 2.05. The van der Waals surface area contributed by atoms with Gasteiger partial charge in [0, 0.05) is 5.69 Å². The summed E-state index contributed by atoms with van der Waals surface area (Å²) in [6, 6.07) is 6.26. The van der Waals surface area contributed by atoms with Crippen LogP contribution in [0.4, 0.5) is 5.69 Å². The van der Waals surface area contributed by atoms with Crippen molar-refractivity contribution in [2.24, 2.45) is 0 Å². The van der Waals surface area contributed by atoms with E-state index in [4.69, 9.17) is 5.73 Å². The molecule has 1 nitrogen and oxygen atoms in total. The van der Waals surface area contributed by atoms with E-state index in [0.29, 0.717) is 0 Å². The Labute approximate surface area is 68.2 Å². The van der Waals surface area contributed by atoms with Crippen LogP contribution in [-0.4, -0.2) is 0 Å². The second kappa shape index (κ2) is 3.42. The number of hydrogen-bond donors (Lipinski definition) is 1. The number of para-hydroxylation sites is 1. The number of benzene rings is 1. The molecule has 1 aromatic rings. The largest absolute Gasteiger partial charge is 0.398 e. The molecule has 0 aliphatic carbocycles. The van der Waals surface area contributed by atoms with Crippen molar-refractivity contribution in [3.63, 3.8) is 0 Å². The third-order valence-corrected chi connectivity index (χ3v) is 2.05. The van der Waals surface area contributed by atoms with E-state index in [1.807, 2.05) is 0 Å². The highest BCUT2D eigenvalue weighted by atomic mass is 15.4. The lowest BCUT2D eigenvalue weighted by atomic mass is 10.0. The van der Waals surface area contributed by atoms with Crippen LogP contribution in [0.3, 0.4) is 0 Å². The molecule has 0 spiro atoms. The fourth-order valence-electron chi connectivity index (χ4n) is 1.28. The van der Waals surface area contributed by atoms with E-state index in [1.54, 1.807) is 0 Å². The zero-order chi connectivity index (χ0) is 8.27. The summed E-state index contributed by atoms with van der Waals surface area (Å²) >= 11 is 0. The maximum absolute atomic E-state index is 5.90. The number of nitrogens with two attached hydrogens (primary N) is 1. The SMILES string of the molecule is CCc1cccc(CC)c1[15NH2]. The minimum Gasteiger partial charge on any atom is -0.398 e. The lowest BCUT2D eigenvalue weighted by molar-refractivity contribution is 1.09. The molecule has 0 fully saturated rings. The van der Waals surface area contributed by atoms with Gasteiger partial charge in [0.05, 0.1) is 0 Å². The number of aryl methyl sites for hydroxylation is 2. The molecule has 0 unspecified atom stereocenters. The van der Waals surface area contributed by atoms with Crippen LogP contribution in [0.1, 0.15) is 25.0 Å². The highest BCUT2D eigenvalue weighted by Gasteiger charge is 1.99. The van der Waals surface area contributed by atoms with Gasteiger partial charge in [-0.05, 0) is 24.0 Å². The van der Waals surface area contributed by atoms with Gasteiger partial charge >= 0.3 is 0 Å². The van der Waals surface area contributed by atoms with Crippen molar-refractivity contribution in [2.75, 3.05) is 5.73 Å². The molecule has 11 heavy (non-hydrogen) atoms. The van der Waals surface area contributed by atoms with Crippen LogP contribution in [0, 0.1) is 0 Å². The lowest BCUT2D eigenvalue weighted by Gasteiger charge is -2.06. The molecule has 0 atom stereocenters. The average molecular weight is 150 g/mol. The monoisotopic (exact) mass is 150 g/mol. The van der Waals surface area contributed by atoms with Gasteiger partial charge in [-0.25, -0.2) is 0 Å². The summed E-state index contributed by atoms with van der Waals surface area (Å²) in [5.41, 5.74) is 9.42. The van der Waals surface area contributed by atoms with Gasteiger partial charge in [-0.2, -0.15) is 0 Å². The van der Waals surface area contributed by atoms with Gasteiger partial charge in [-0.15, -0.1) is 0 Å². The fraction of sp³-hybridized carbons (Fsp3) is 0.400. The first-order valence-corrected chi connectivity index (χ1v) is 4.15. The van der Waals surface area contributed by atoms with Crippen LogP contribution < -0.4 is 5.73 Å². The van der Waals surface area contributed by atoms with Gasteiger partial charge in [0.15, 0.2) is 0 Å². The Kier molecular flexibility index (Phi) is 2.53. The smallest absolute Gasteiger partial charge is 0.0378 e. The predicted molar refractivity (Wildman–Crippen MR) is 49.6 cm³/mol. The Morgan fingerprint density at radius 2 is 1.55 bits per heavy atom. The molecule has 0 radical (unpaired) electrons. The minimum absolute atomic E-state index is 0.984. The topological polar surface area (TPSA) is 26.0 Å². The zero-order valence-electron chi connectivity index (χ0n) is 7.22. The summed E-state index contributed by atoms with van der Waals surface area (Å²) in [4.78, 5) is 0.